The molecule has 0 amide bonds. The van der Waals surface area contributed by atoms with Gasteiger partial charge in [-0.1, -0.05) is 24.3 Å². The zero-order valence-electron chi connectivity index (χ0n) is 13.9. The van der Waals surface area contributed by atoms with Gasteiger partial charge < -0.3 is 20.1 Å². The van der Waals surface area contributed by atoms with E-state index in [2.05, 4.69) is 0 Å². The van der Waals surface area contributed by atoms with Gasteiger partial charge in [0, 0.05) is 23.0 Å². The van der Waals surface area contributed by atoms with Gasteiger partial charge in [0.15, 0.2) is 5.69 Å². The molecule has 138 valence electrons. The lowest BCUT2D eigenvalue weighted by molar-refractivity contribution is 0.0593. The van der Waals surface area contributed by atoms with E-state index in [1.807, 2.05) is 6.07 Å². The van der Waals surface area contributed by atoms with Crippen molar-refractivity contribution in [3.05, 3.63) is 47.8 Å². The van der Waals surface area contributed by atoms with E-state index in [-0.39, 0.29) is 33.4 Å². The molecule has 0 fully saturated rings. The minimum Gasteiger partial charge on any atom is -0.506 e. The van der Waals surface area contributed by atoms with Gasteiger partial charge in [-0.25, -0.2) is 4.79 Å². The van der Waals surface area contributed by atoms with Crippen LogP contribution in [-0.4, -0.2) is 35.7 Å². The third kappa shape index (κ3) is 2.84. The maximum Gasteiger partial charge on any atom is 0.357 e. The Hall–Kier alpha value is -3.55. The molecule has 9 nitrogen and oxygen atoms in total. The van der Waals surface area contributed by atoms with E-state index in [0.29, 0.717) is 0 Å². The fourth-order valence-electron chi connectivity index (χ4n) is 2.87. The molecule has 0 unspecified atom stereocenters. The van der Waals surface area contributed by atoms with Crippen LogP contribution in [0.4, 0.5) is 5.69 Å². The predicted octanol–water partition coefficient (Wildman–Crippen LogP) is 1.82. The number of carbonyl (C=O) groups excluding carboxylic acids is 1. The zero-order chi connectivity index (χ0) is 19.9. The van der Waals surface area contributed by atoms with Gasteiger partial charge in [0.05, 0.1) is 24.0 Å². The fourth-order valence-corrected chi connectivity index (χ4v) is 3.59. The van der Waals surface area contributed by atoms with Crippen molar-refractivity contribution < 1.29 is 27.6 Å². The van der Waals surface area contributed by atoms with E-state index in [1.165, 1.54) is 18.3 Å². The Balaban J connectivity index is 2.50. The first-order chi connectivity index (χ1) is 12.7. The van der Waals surface area contributed by atoms with E-state index in [4.69, 9.17) is 10.5 Å². The Morgan fingerprint density at radius 3 is 2.48 bits per heavy atom. The average Bonchev–Trinajstić information content (AvgIpc) is 2.95. The van der Waals surface area contributed by atoms with Crippen molar-refractivity contribution in [2.45, 2.75) is 4.90 Å². The highest BCUT2D eigenvalue weighted by Crippen LogP contribution is 2.38. The molecule has 10 heteroatoms. The van der Waals surface area contributed by atoms with Crippen LogP contribution < -0.4 is 5.73 Å². The predicted molar refractivity (Wildman–Crippen MR) is 95.2 cm³/mol. The van der Waals surface area contributed by atoms with Crippen molar-refractivity contribution in [2.24, 2.45) is 0 Å². The number of nitrogen functional groups attached to an aromatic ring is 1. The van der Waals surface area contributed by atoms with Gasteiger partial charge in [-0.05, 0) is 0 Å². The van der Waals surface area contributed by atoms with Crippen LogP contribution >= 0.6 is 0 Å². The lowest BCUT2D eigenvalue weighted by Crippen LogP contribution is -2.12. The Labute approximate surface area is 153 Å². The first-order valence-corrected chi connectivity index (χ1v) is 8.86. The van der Waals surface area contributed by atoms with Crippen LogP contribution in [0.5, 0.6) is 5.75 Å². The third-order valence-corrected chi connectivity index (χ3v) is 4.91. The van der Waals surface area contributed by atoms with Gasteiger partial charge >= 0.3 is 5.97 Å². The standard InChI is InChI=1S/C17H13N3O6S/c1-26-17(22)16-14(19)9(7-18)8-20(16)15-11-5-3-2-4-10(11)13(6-12(15)21)27(23,24)25/h2-6,8,21H,19H2,1H3,(H,23,24,25). The quantitative estimate of drug-likeness (QED) is 0.454. The summed E-state index contributed by atoms with van der Waals surface area (Å²) < 4.78 is 38.7. The van der Waals surface area contributed by atoms with Gasteiger partial charge in [-0.3, -0.25) is 4.55 Å². The molecule has 0 aliphatic carbocycles. The second kappa shape index (κ2) is 6.31. The number of aromatic hydroxyl groups is 1. The molecule has 27 heavy (non-hydrogen) atoms. The third-order valence-electron chi connectivity index (χ3n) is 4.02. The highest BCUT2D eigenvalue weighted by Gasteiger charge is 2.26. The van der Waals surface area contributed by atoms with E-state index < -0.39 is 26.7 Å². The summed E-state index contributed by atoms with van der Waals surface area (Å²) >= 11 is 0. The number of phenolic OH excluding ortho intramolecular Hbond substituents is 1. The zero-order valence-corrected chi connectivity index (χ0v) is 14.7. The van der Waals surface area contributed by atoms with Crippen LogP contribution in [0.2, 0.25) is 0 Å². The summed E-state index contributed by atoms with van der Waals surface area (Å²) in [6, 6.07) is 8.73. The number of nitrogens with two attached hydrogens (primary N) is 1. The van der Waals surface area contributed by atoms with Crippen LogP contribution in [-0.2, 0) is 14.9 Å². The maximum atomic E-state index is 12.2. The first-order valence-electron chi connectivity index (χ1n) is 7.42. The number of phenols is 1. The number of nitriles is 1. The summed E-state index contributed by atoms with van der Waals surface area (Å²) in [6.45, 7) is 0. The highest BCUT2D eigenvalue weighted by molar-refractivity contribution is 7.86. The molecule has 0 radical (unpaired) electrons. The number of anilines is 1. The Bertz CT molecular complexity index is 1240. The second-order valence-corrected chi connectivity index (χ2v) is 6.93. The van der Waals surface area contributed by atoms with Crippen LogP contribution in [0.25, 0.3) is 16.5 Å². The summed E-state index contributed by atoms with van der Waals surface area (Å²) in [5, 5.41) is 20.0. The lowest BCUT2D eigenvalue weighted by atomic mass is 10.1. The van der Waals surface area contributed by atoms with Crippen molar-refractivity contribution in [3.8, 4) is 17.5 Å². The molecule has 4 N–H and O–H groups in total. The molecule has 2 aromatic carbocycles. The number of carbonyl (C=O) groups is 1. The first kappa shape index (κ1) is 18.2. The molecule has 3 aromatic rings. The number of hydrogen-bond acceptors (Lipinski definition) is 7. The van der Waals surface area contributed by atoms with Crippen molar-refractivity contribution >= 4 is 32.5 Å². The Morgan fingerprint density at radius 1 is 1.30 bits per heavy atom. The molecule has 0 aliphatic heterocycles. The number of rotatable bonds is 3. The normalized spacial score (nSPS) is 11.3. The number of methoxy groups -OCH3 is 1. The second-order valence-electron chi connectivity index (χ2n) is 5.54. The summed E-state index contributed by atoms with van der Waals surface area (Å²) in [5.74, 6) is -1.40. The fraction of sp³-hybridized carbons (Fsp3) is 0.0588. The molecule has 1 aromatic heterocycles. The Morgan fingerprint density at radius 2 is 1.93 bits per heavy atom. The van der Waals surface area contributed by atoms with Gasteiger partial charge in [0.2, 0.25) is 0 Å². The van der Waals surface area contributed by atoms with Crippen LogP contribution in [0.15, 0.2) is 41.4 Å². The molecule has 3 rings (SSSR count). The van der Waals surface area contributed by atoms with Crippen LogP contribution in [0, 0.1) is 11.3 Å². The monoisotopic (exact) mass is 387 g/mol. The lowest BCUT2D eigenvalue weighted by Gasteiger charge is -2.15. The van der Waals surface area contributed by atoms with Crippen molar-refractivity contribution in [1.29, 1.82) is 5.26 Å². The maximum absolute atomic E-state index is 12.2. The number of ether oxygens (including phenoxy) is 1. The van der Waals surface area contributed by atoms with E-state index in [1.54, 1.807) is 12.1 Å². The van der Waals surface area contributed by atoms with Crippen LogP contribution in [0.1, 0.15) is 16.1 Å². The Kier molecular flexibility index (Phi) is 4.27. The topological polar surface area (TPSA) is 156 Å². The largest absolute Gasteiger partial charge is 0.506 e. The molecule has 0 saturated carbocycles. The molecule has 0 bridgehead atoms. The van der Waals surface area contributed by atoms with Gasteiger partial charge in [0.25, 0.3) is 10.1 Å². The molecule has 1 heterocycles. The smallest absolute Gasteiger partial charge is 0.357 e. The van der Waals surface area contributed by atoms with E-state index in [0.717, 1.165) is 17.7 Å². The summed E-state index contributed by atoms with van der Waals surface area (Å²) in [4.78, 5) is 11.7. The molecule has 0 spiro atoms. The van der Waals surface area contributed by atoms with Crippen molar-refractivity contribution in [3.63, 3.8) is 0 Å². The van der Waals surface area contributed by atoms with Crippen molar-refractivity contribution in [1.82, 2.24) is 4.57 Å². The number of nitrogens with zero attached hydrogens (tertiary/aromatic N) is 2. The summed E-state index contributed by atoms with van der Waals surface area (Å²) in [5.41, 5.74) is 5.49. The minimum absolute atomic E-state index is 0.00611. The van der Waals surface area contributed by atoms with Gasteiger partial charge in [-0.15, -0.1) is 0 Å². The van der Waals surface area contributed by atoms with Crippen LogP contribution in [0.3, 0.4) is 0 Å². The number of hydrogen-bond donors (Lipinski definition) is 3. The van der Waals surface area contributed by atoms with E-state index in [9.17, 15) is 28.1 Å². The molecular formula is C17H13N3O6S. The number of esters is 1. The number of benzene rings is 2. The van der Waals surface area contributed by atoms with Gasteiger partial charge in [0.1, 0.15) is 16.7 Å². The summed E-state index contributed by atoms with van der Waals surface area (Å²) in [6.07, 6.45) is 1.23. The number of fused-ring (bicyclic) bond motifs is 1. The van der Waals surface area contributed by atoms with Crippen molar-refractivity contribution in [2.75, 3.05) is 12.8 Å². The summed E-state index contributed by atoms with van der Waals surface area (Å²) in [7, 11) is -3.50. The molecule has 0 saturated heterocycles. The highest BCUT2D eigenvalue weighted by atomic mass is 32.2. The average molecular weight is 387 g/mol. The SMILES string of the molecule is COC(=O)c1c(N)c(C#N)cn1-c1c(O)cc(S(=O)(=O)O)c2ccccc12. The molecule has 0 aliphatic rings. The van der Waals surface area contributed by atoms with E-state index >= 15 is 0 Å². The molecular weight excluding hydrogens is 374 g/mol. The number of aromatic nitrogens is 1. The van der Waals surface area contributed by atoms with Gasteiger partial charge in [-0.2, -0.15) is 13.7 Å². The molecule has 0 atom stereocenters. The minimum atomic E-state index is -4.63.